The number of ether oxygens (including phenoxy) is 3. The first-order valence-corrected chi connectivity index (χ1v) is 12.9. The molecule has 11 heteroatoms. The monoisotopic (exact) mass is 587 g/mol. The Morgan fingerprint density at radius 3 is 2.15 bits per heavy atom. The van der Waals surface area contributed by atoms with Crippen LogP contribution in [0.2, 0.25) is 5.02 Å². The van der Waals surface area contributed by atoms with Crippen molar-refractivity contribution < 1.29 is 40.6 Å². The number of hydrogen-bond donors (Lipinski definition) is 1. The van der Waals surface area contributed by atoms with Gasteiger partial charge in [-0.25, -0.2) is 0 Å². The summed E-state index contributed by atoms with van der Waals surface area (Å²) in [5, 5.41) is 3.92. The van der Waals surface area contributed by atoms with Gasteiger partial charge in [0.25, 0.3) is 0 Å². The van der Waals surface area contributed by atoms with Gasteiger partial charge in [0.15, 0.2) is 0 Å². The normalized spacial score (nSPS) is 18.6. The van der Waals surface area contributed by atoms with Crippen LogP contribution in [0.5, 0.6) is 5.75 Å². The average molecular weight is 588 g/mol. The molecule has 216 valence electrons. The highest BCUT2D eigenvalue weighted by Crippen LogP contribution is 2.45. The topological polar surface area (TPSA) is 39.7 Å². The summed E-state index contributed by atoms with van der Waals surface area (Å²) in [4.78, 5) is 0. The Balaban J connectivity index is 1.61. The molecule has 3 aromatic carbocycles. The zero-order valence-corrected chi connectivity index (χ0v) is 22.7. The standard InChI is InChI=1S/C29H28ClF6NO3/c1-4-38-25-23-14-22(37-15-17-6-5-7-21(30)12-17)8-9-24(23)40-27(2,3)26(25)39-16-18-10-19(28(31,32)33)13-20(11-18)29(34,35)36/h5-14,25-26,37H,4,15-16H2,1-3H3. The molecule has 0 bridgehead atoms. The lowest BCUT2D eigenvalue weighted by atomic mass is 9.87. The number of rotatable bonds is 8. The van der Waals surface area contributed by atoms with E-state index in [1.54, 1.807) is 32.9 Å². The molecule has 1 aliphatic rings. The first-order chi connectivity index (χ1) is 18.7. The molecule has 2 atom stereocenters. The number of hydrogen-bond acceptors (Lipinski definition) is 4. The van der Waals surface area contributed by atoms with Crippen LogP contribution in [0.15, 0.2) is 60.7 Å². The molecule has 0 radical (unpaired) electrons. The summed E-state index contributed by atoms with van der Waals surface area (Å²) in [7, 11) is 0. The van der Waals surface area contributed by atoms with Gasteiger partial charge in [-0.15, -0.1) is 0 Å². The first-order valence-electron chi connectivity index (χ1n) is 12.5. The van der Waals surface area contributed by atoms with Gasteiger partial charge in [0.1, 0.15) is 23.6 Å². The predicted molar refractivity (Wildman–Crippen MR) is 139 cm³/mol. The average Bonchev–Trinajstić information content (AvgIpc) is 2.86. The highest BCUT2D eigenvalue weighted by Gasteiger charge is 2.46. The molecule has 0 fully saturated rings. The van der Waals surface area contributed by atoms with Gasteiger partial charge in [-0.1, -0.05) is 23.7 Å². The lowest BCUT2D eigenvalue weighted by molar-refractivity contribution is -0.166. The molecule has 1 aliphatic heterocycles. The van der Waals surface area contributed by atoms with E-state index in [1.807, 2.05) is 30.3 Å². The molecule has 0 aromatic heterocycles. The van der Waals surface area contributed by atoms with Crippen LogP contribution in [0.1, 0.15) is 54.7 Å². The molecule has 1 N–H and O–H groups in total. The van der Waals surface area contributed by atoms with Crippen LogP contribution >= 0.6 is 11.6 Å². The van der Waals surface area contributed by atoms with Crippen LogP contribution in [0.25, 0.3) is 0 Å². The molecule has 40 heavy (non-hydrogen) atoms. The van der Waals surface area contributed by atoms with Crippen LogP contribution in [-0.2, 0) is 35.0 Å². The molecule has 1 heterocycles. The quantitative estimate of drug-likeness (QED) is 0.267. The summed E-state index contributed by atoms with van der Waals surface area (Å²) in [6, 6.07) is 14.2. The van der Waals surface area contributed by atoms with Gasteiger partial charge in [0.2, 0.25) is 0 Å². The van der Waals surface area contributed by atoms with E-state index < -0.39 is 47.9 Å². The second-order valence-electron chi connectivity index (χ2n) is 9.96. The fourth-order valence-electron chi connectivity index (χ4n) is 4.63. The summed E-state index contributed by atoms with van der Waals surface area (Å²) in [5.74, 6) is 0.537. The smallest absolute Gasteiger partial charge is 0.416 e. The Bertz CT molecular complexity index is 1310. The Morgan fingerprint density at radius 1 is 0.875 bits per heavy atom. The minimum atomic E-state index is -4.95. The minimum Gasteiger partial charge on any atom is -0.485 e. The third-order valence-corrected chi connectivity index (χ3v) is 6.69. The highest BCUT2D eigenvalue weighted by atomic mass is 35.5. The second-order valence-corrected chi connectivity index (χ2v) is 10.4. The molecule has 4 rings (SSSR count). The fourth-order valence-corrected chi connectivity index (χ4v) is 4.84. The van der Waals surface area contributed by atoms with Gasteiger partial charge in [-0.05, 0) is 80.4 Å². The highest BCUT2D eigenvalue weighted by molar-refractivity contribution is 6.30. The van der Waals surface area contributed by atoms with Crippen molar-refractivity contribution in [2.75, 3.05) is 11.9 Å². The summed E-state index contributed by atoms with van der Waals surface area (Å²) in [6.07, 6.45) is -11.5. The lowest BCUT2D eigenvalue weighted by Crippen LogP contribution is -2.51. The Hall–Kier alpha value is -2.95. The van der Waals surface area contributed by atoms with Crippen molar-refractivity contribution in [1.82, 2.24) is 0 Å². The summed E-state index contributed by atoms with van der Waals surface area (Å²) >= 11 is 6.07. The number of benzene rings is 3. The molecule has 0 aliphatic carbocycles. The number of anilines is 1. The van der Waals surface area contributed by atoms with Crippen LogP contribution in [-0.4, -0.2) is 18.3 Å². The summed E-state index contributed by atoms with van der Waals surface area (Å²) in [6.45, 7) is 5.49. The molecule has 0 amide bonds. The summed E-state index contributed by atoms with van der Waals surface area (Å²) in [5.41, 5.74) is -1.73. The van der Waals surface area contributed by atoms with Crippen molar-refractivity contribution in [1.29, 1.82) is 0 Å². The van der Waals surface area contributed by atoms with E-state index in [-0.39, 0.29) is 18.2 Å². The van der Waals surface area contributed by atoms with E-state index in [1.165, 1.54) is 0 Å². The fraction of sp³-hybridized carbons (Fsp3) is 0.379. The molecular weight excluding hydrogens is 560 g/mol. The molecule has 4 nitrogen and oxygen atoms in total. The molecule has 0 spiro atoms. The number of alkyl halides is 6. The molecule has 3 aromatic rings. The van der Waals surface area contributed by atoms with Gasteiger partial charge in [-0.3, -0.25) is 0 Å². The van der Waals surface area contributed by atoms with E-state index in [0.29, 0.717) is 35.0 Å². The van der Waals surface area contributed by atoms with Crippen LogP contribution < -0.4 is 10.1 Å². The van der Waals surface area contributed by atoms with Crippen molar-refractivity contribution in [3.05, 3.63) is 93.5 Å². The summed E-state index contributed by atoms with van der Waals surface area (Å²) < 4.78 is 98.3. The largest absolute Gasteiger partial charge is 0.485 e. The van der Waals surface area contributed by atoms with Crippen molar-refractivity contribution in [3.8, 4) is 5.75 Å². The number of nitrogens with one attached hydrogen (secondary N) is 1. The van der Waals surface area contributed by atoms with E-state index in [9.17, 15) is 26.3 Å². The SMILES string of the molecule is CCOC1c2cc(NCc3cccc(Cl)c3)ccc2OC(C)(C)C1OCc1cc(C(F)(F)F)cc(C(F)(F)F)c1. The first kappa shape index (κ1) is 30.0. The lowest BCUT2D eigenvalue weighted by Gasteiger charge is -2.44. The molecule has 2 unspecified atom stereocenters. The van der Waals surface area contributed by atoms with Crippen LogP contribution in [0.3, 0.4) is 0 Å². The molecular formula is C29H28ClF6NO3. The van der Waals surface area contributed by atoms with E-state index in [2.05, 4.69) is 5.32 Å². The maximum atomic E-state index is 13.3. The zero-order chi connectivity index (χ0) is 29.3. The Morgan fingerprint density at radius 2 is 1.55 bits per heavy atom. The van der Waals surface area contributed by atoms with Crippen molar-refractivity contribution in [2.45, 2.75) is 64.1 Å². The van der Waals surface area contributed by atoms with Crippen LogP contribution in [0, 0.1) is 0 Å². The van der Waals surface area contributed by atoms with Gasteiger partial charge in [-0.2, -0.15) is 26.3 Å². The molecule has 0 saturated heterocycles. The van der Waals surface area contributed by atoms with Crippen molar-refractivity contribution in [2.24, 2.45) is 0 Å². The van der Waals surface area contributed by atoms with E-state index >= 15 is 0 Å². The maximum absolute atomic E-state index is 13.3. The van der Waals surface area contributed by atoms with Crippen molar-refractivity contribution in [3.63, 3.8) is 0 Å². The third kappa shape index (κ3) is 7.03. The maximum Gasteiger partial charge on any atom is 0.416 e. The van der Waals surface area contributed by atoms with E-state index in [0.717, 1.165) is 11.3 Å². The Kier molecular flexibility index (Phi) is 8.63. The van der Waals surface area contributed by atoms with Gasteiger partial charge in [0.05, 0.1) is 17.7 Å². The van der Waals surface area contributed by atoms with Crippen molar-refractivity contribution >= 4 is 17.3 Å². The number of halogens is 7. The zero-order valence-electron chi connectivity index (χ0n) is 21.9. The van der Waals surface area contributed by atoms with Gasteiger partial charge in [0, 0.05) is 29.4 Å². The van der Waals surface area contributed by atoms with Gasteiger partial charge < -0.3 is 19.5 Å². The second kappa shape index (κ2) is 11.5. The van der Waals surface area contributed by atoms with E-state index in [4.69, 9.17) is 25.8 Å². The number of fused-ring (bicyclic) bond motifs is 1. The minimum absolute atomic E-state index is 0.0916. The molecule has 0 saturated carbocycles. The third-order valence-electron chi connectivity index (χ3n) is 6.46. The predicted octanol–water partition coefficient (Wildman–Crippen LogP) is 8.82. The van der Waals surface area contributed by atoms with Crippen LogP contribution in [0.4, 0.5) is 32.0 Å². The van der Waals surface area contributed by atoms with Gasteiger partial charge >= 0.3 is 12.4 Å². The Labute approximate surface area is 233 Å².